The fraction of sp³-hybridized carbons (Fsp3) is 0.0909. The molecule has 18 heavy (non-hydrogen) atoms. The molecule has 3 N–H and O–H groups in total. The molecule has 2 aromatic rings. The minimum Gasteiger partial charge on any atom is -0.409 e. The first-order valence-electron chi connectivity index (χ1n) is 5.05. The molecule has 0 saturated carbocycles. The summed E-state index contributed by atoms with van der Waals surface area (Å²) >= 11 is 2.13. The number of nitrogens with zero attached hydrogens (tertiary/aromatic N) is 3. The molecule has 1 heterocycles. The predicted molar refractivity (Wildman–Crippen MR) is 73.0 cm³/mol. The average molecular weight is 360 g/mol. The van der Waals surface area contributed by atoms with Crippen LogP contribution in [0.2, 0.25) is 0 Å². The molecular weight excluding hydrogens is 350 g/mol. The van der Waals surface area contributed by atoms with Crippen LogP contribution in [-0.4, -0.2) is 20.8 Å². The zero-order chi connectivity index (χ0) is 13.1. The minimum absolute atomic E-state index is 0.0804. The third kappa shape index (κ3) is 2.61. The van der Waals surface area contributed by atoms with Crippen molar-refractivity contribution >= 4 is 28.4 Å². The van der Waals surface area contributed by atoms with Gasteiger partial charge < -0.3 is 10.9 Å². The second kappa shape index (κ2) is 5.34. The van der Waals surface area contributed by atoms with Gasteiger partial charge >= 0.3 is 0 Å². The first-order valence-corrected chi connectivity index (χ1v) is 6.13. The minimum atomic E-state index is -0.502. The van der Waals surface area contributed by atoms with E-state index in [0.717, 1.165) is 3.57 Å². The van der Waals surface area contributed by atoms with E-state index in [2.05, 4.69) is 32.8 Å². The number of hydrogen-bond donors (Lipinski definition) is 2. The fourth-order valence-corrected chi connectivity index (χ4v) is 2.00. The summed E-state index contributed by atoms with van der Waals surface area (Å²) in [5.41, 5.74) is 5.91. The van der Waals surface area contributed by atoms with Crippen LogP contribution in [0.3, 0.4) is 0 Å². The Kier molecular flexibility index (Phi) is 3.80. The molecule has 0 unspecified atom stereocenters. The Morgan fingerprint density at radius 2 is 2.33 bits per heavy atom. The first-order chi connectivity index (χ1) is 8.61. The Morgan fingerprint density at radius 1 is 1.56 bits per heavy atom. The molecule has 7 heteroatoms. The summed E-state index contributed by atoms with van der Waals surface area (Å²) in [5, 5.41) is 15.5. The lowest BCUT2D eigenvalue weighted by molar-refractivity contribution is 0.318. The summed E-state index contributed by atoms with van der Waals surface area (Å²) in [7, 11) is 0. The van der Waals surface area contributed by atoms with Gasteiger partial charge in [0.05, 0.1) is 21.9 Å². The SMILES string of the molecule is N/C(=N/O)c1cccc(Cn2cc(I)cn2)c1F. The van der Waals surface area contributed by atoms with Crippen LogP contribution in [0.5, 0.6) is 0 Å². The van der Waals surface area contributed by atoms with Gasteiger partial charge in [-0.1, -0.05) is 17.3 Å². The Hall–Kier alpha value is -1.64. The van der Waals surface area contributed by atoms with E-state index in [1.54, 1.807) is 29.2 Å². The molecule has 0 spiro atoms. The normalized spacial score (nSPS) is 11.8. The van der Waals surface area contributed by atoms with Crippen molar-refractivity contribution in [2.24, 2.45) is 10.9 Å². The Morgan fingerprint density at radius 3 is 2.94 bits per heavy atom. The average Bonchev–Trinajstić information content (AvgIpc) is 2.76. The molecule has 0 radical (unpaired) electrons. The fourth-order valence-electron chi connectivity index (χ4n) is 1.55. The maximum Gasteiger partial charge on any atom is 0.173 e. The van der Waals surface area contributed by atoms with Crippen LogP contribution in [0.15, 0.2) is 35.7 Å². The van der Waals surface area contributed by atoms with Gasteiger partial charge in [0, 0.05) is 11.8 Å². The van der Waals surface area contributed by atoms with Gasteiger partial charge in [-0.2, -0.15) is 5.10 Å². The van der Waals surface area contributed by atoms with Crippen molar-refractivity contribution in [1.82, 2.24) is 9.78 Å². The summed E-state index contributed by atoms with van der Waals surface area (Å²) < 4.78 is 16.7. The molecule has 0 amide bonds. The van der Waals surface area contributed by atoms with Crippen molar-refractivity contribution in [3.63, 3.8) is 0 Å². The molecule has 94 valence electrons. The molecule has 0 atom stereocenters. The Balaban J connectivity index is 2.34. The van der Waals surface area contributed by atoms with Crippen molar-refractivity contribution < 1.29 is 9.60 Å². The van der Waals surface area contributed by atoms with E-state index in [9.17, 15) is 4.39 Å². The third-order valence-electron chi connectivity index (χ3n) is 2.40. The van der Waals surface area contributed by atoms with Crippen LogP contribution < -0.4 is 5.73 Å². The van der Waals surface area contributed by atoms with Crippen molar-refractivity contribution in [2.75, 3.05) is 0 Å². The predicted octanol–water partition coefficient (Wildman–Crippen LogP) is 1.77. The van der Waals surface area contributed by atoms with Crippen molar-refractivity contribution in [3.05, 3.63) is 51.1 Å². The highest BCUT2D eigenvalue weighted by molar-refractivity contribution is 14.1. The largest absolute Gasteiger partial charge is 0.409 e. The van der Waals surface area contributed by atoms with E-state index in [4.69, 9.17) is 10.9 Å². The summed E-state index contributed by atoms with van der Waals surface area (Å²) in [6, 6.07) is 4.75. The number of hydrogen-bond acceptors (Lipinski definition) is 3. The van der Waals surface area contributed by atoms with Crippen LogP contribution in [-0.2, 0) is 6.54 Å². The van der Waals surface area contributed by atoms with Crippen LogP contribution in [0, 0.1) is 9.39 Å². The Bertz CT molecular complexity index is 596. The summed E-state index contributed by atoms with van der Waals surface area (Å²) in [6.07, 6.45) is 3.49. The Labute approximate surface area is 116 Å². The number of nitrogens with two attached hydrogens (primary N) is 1. The smallest absolute Gasteiger partial charge is 0.173 e. The van der Waals surface area contributed by atoms with Gasteiger partial charge in [0.2, 0.25) is 0 Å². The molecule has 0 aliphatic rings. The van der Waals surface area contributed by atoms with E-state index >= 15 is 0 Å². The molecule has 0 aliphatic heterocycles. The lowest BCUT2D eigenvalue weighted by atomic mass is 10.1. The summed E-state index contributed by atoms with van der Waals surface area (Å²) in [6.45, 7) is 0.293. The molecule has 1 aromatic heterocycles. The van der Waals surface area contributed by atoms with Gasteiger partial charge in [-0.05, 0) is 28.7 Å². The molecule has 0 bridgehead atoms. The highest BCUT2D eigenvalue weighted by atomic mass is 127. The standard InChI is InChI=1S/C11H10FIN4O/c12-10-7(5-17-6-8(13)4-15-17)2-1-3-9(10)11(14)16-18/h1-4,6,18H,5H2,(H2,14,16). The van der Waals surface area contributed by atoms with Crippen molar-refractivity contribution in [3.8, 4) is 0 Å². The lowest BCUT2D eigenvalue weighted by Crippen LogP contribution is -2.16. The van der Waals surface area contributed by atoms with Gasteiger partial charge in [-0.25, -0.2) is 4.39 Å². The van der Waals surface area contributed by atoms with E-state index in [0.29, 0.717) is 12.1 Å². The molecule has 0 aliphatic carbocycles. The second-order valence-electron chi connectivity index (χ2n) is 3.62. The van der Waals surface area contributed by atoms with E-state index < -0.39 is 5.82 Å². The molecule has 1 aromatic carbocycles. The molecule has 2 rings (SSSR count). The van der Waals surface area contributed by atoms with Gasteiger partial charge in [-0.3, -0.25) is 4.68 Å². The third-order valence-corrected chi connectivity index (χ3v) is 2.95. The first kappa shape index (κ1) is 12.8. The summed E-state index contributed by atoms with van der Waals surface area (Å²) in [5.74, 6) is -0.747. The molecule has 0 saturated heterocycles. The van der Waals surface area contributed by atoms with Crippen LogP contribution in [0.1, 0.15) is 11.1 Å². The lowest BCUT2D eigenvalue weighted by Gasteiger charge is -2.07. The van der Waals surface area contributed by atoms with Gasteiger partial charge in [0.15, 0.2) is 5.84 Å². The highest BCUT2D eigenvalue weighted by Crippen LogP contribution is 2.14. The zero-order valence-corrected chi connectivity index (χ0v) is 11.4. The highest BCUT2D eigenvalue weighted by Gasteiger charge is 2.12. The van der Waals surface area contributed by atoms with Crippen LogP contribution >= 0.6 is 22.6 Å². The number of aromatic nitrogens is 2. The number of oxime groups is 1. The number of halogens is 2. The van der Waals surface area contributed by atoms with Crippen LogP contribution in [0.4, 0.5) is 4.39 Å². The van der Waals surface area contributed by atoms with Gasteiger partial charge in [0.25, 0.3) is 0 Å². The van der Waals surface area contributed by atoms with E-state index in [1.807, 2.05) is 0 Å². The topological polar surface area (TPSA) is 76.4 Å². The monoisotopic (exact) mass is 360 g/mol. The number of rotatable bonds is 3. The second-order valence-corrected chi connectivity index (χ2v) is 4.87. The zero-order valence-electron chi connectivity index (χ0n) is 9.22. The van der Waals surface area contributed by atoms with Crippen LogP contribution in [0.25, 0.3) is 0 Å². The molecule has 0 fully saturated rings. The van der Waals surface area contributed by atoms with Crippen molar-refractivity contribution in [1.29, 1.82) is 0 Å². The van der Waals surface area contributed by atoms with E-state index in [-0.39, 0.29) is 11.4 Å². The molecular formula is C11H10FIN4O. The van der Waals surface area contributed by atoms with E-state index in [1.165, 1.54) is 6.07 Å². The molecule has 5 nitrogen and oxygen atoms in total. The van der Waals surface area contributed by atoms with Gasteiger partial charge in [0.1, 0.15) is 5.82 Å². The number of amidine groups is 1. The van der Waals surface area contributed by atoms with Crippen molar-refractivity contribution in [2.45, 2.75) is 6.54 Å². The number of benzene rings is 1. The maximum absolute atomic E-state index is 14.1. The maximum atomic E-state index is 14.1. The summed E-state index contributed by atoms with van der Waals surface area (Å²) in [4.78, 5) is 0. The quantitative estimate of drug-likeness (QED) is 0.288. The van der Waals surface area contributed by atoms with Gasteiger partial charge in [-0.15, -0.1) is 0 Å².